The minimum absolute atomic E-state index is 0.0281. The summed E-state index contributed by atoms with van der Waals surface area (Å²) in [6.07, 6.45) is 7.29. The number of nitrogens with zero attached hydrogens (tertiary/aromatic N) is 3. The van der Waals surface area contributed by atoms with Crippen LogP contribution in [0.2, 0.25) is 0 Å². The lowest BCUT2D eigenvalue weighted by Gasteiger charge is -2.31. The van der Waals surface area contributed by atoms with E-state index < -0.39 is 0 Å². The molecular weight excluding hydrogens is 428 g/mol. The van der Waals surface area contributed by atoms with Gasteiger partial charge in [0, 0.05) is 37.5 Å². The lowest BCUT2D eigenvalue weighted by molar-refractivity contribution is -0.121. The Balaban J connectivity index is 1.26. The Morgan fingerprint density at radius 3 is 2.56 bits per heavy atom. The van der Waals surface area contributed by atoms with Crippen molar-refractivity contribution < 1.29 is 14.1 Å². The number of rotatable bonds is 10. The van der Waals surface area contributed by atoms with Crippen molar-refractivity contribution in [3.05, 3.63) is 65.5 Å². The second kappa shape index (κ2) is 11.8. The molecule has 0 radical (unpaired) electrons. The number of aryl methyl sites for hydroxylation is 1. The van der Waals surface area contributed by atoms with Crippen molar-refractivity contribution in [2.75, 3.05) is 14.2 Å². The fourth-order valence-electron chi connectivity index (χ4n) is 4.52. The molecule has 1 aromatic heterocycles. The molecule has 0 aliphatic heterocycles. The van der Waals surface area contributed by atoms with Gasteiger partial charge in [-0.2, -0.15) is 4.98 Å². The predicted octanol–water partition coefficient (Wildman–Crippen LogP) is 4.76. The van der Waals surface area contributed by atoms with E-state index in [1.54, 1.807) is 7.11 Å². The normalized spacial score (nSPS) is 14.3. The molecule has 4 rings (SSSR count). The lowest BCUT2D eigenvalue weighted by atomic mass is 9.94. The summed E-state index contributed by atoms with van der Waals surface area (Å²) in [5, 5.41) is 7.08. The van der Waals surface area contributed by atoms with Gasteiger partial charge in [0.2, 0.25) is 17.6 Å². The van der Waals surface area contributed by atoms with Crippen LogP contribution in [0.5, 0.6) is 5.75 Å². The lowest BCUT2D eigenvalue weighted by Crippen LogP contribution is -2.33. The van der Waals surface area contributed by atoms with Crippen LogP contribution < -0.4 is 10.1 Å². The van der Waals surface area contributed by atoms with Crippen LogP contribution in [0.1, 0.15) is 55.5 Å². The summed E-state index contributed by atoms with van der Waals surface area (Å²) in [5.74, 6) is 1.70. The molecule has 1 saturated carbocycles. The highest BCUT2D eigenvalue weighted by Crippen LogP contribution is 2.24. The summed E-state index contributed by atoms with van der Waals surface area (Å²) < 4.78 is 10.5. The van der Waals surface area contributed by atoms with Gasteiger partial charge in [0.15, 0.2) is 0 Å². The molecule has 3 aromatic rings. The van der Waals surface area contributed by atoms with Gasteiger partial charge >= 0.3 is 0 Å². The largest absolute Gasteiger partial charge is 0.497 e. The highest BCUT2D eigenvalue weighted by atomic mass is 16.5. The number of benzene rings is 2. The summed E-state index contributed by atoms with van der Waals surface area (Å²) in [5.41, 5.74) is 3.28. The summed E-state index contributed by atoms with van der Waals surface area (Å²) in [6, 6.07) is 16.5. The molecule has 180 valence electrons. The van der Waals surface area contributed by atoms with Gasteiger partial charge < -0.3 is 14.6 Å². The van der Waals surface area contributed by atoms with E-state index in [0.717, 1.165) is 23.4 Å². The second-order valence-corrected chi connectivity index (χ2v) is 8.99. The average Bonchev–Trinajstić information content (AvgIpc) is 3.36. The third-order valence-electron chi connectivity index (χ3n) is 6.59. The zero-order valence-corrected chi connectivity index (χ0v) is 20.1. The SMILES string of the molecule is COc1ccc(-c2noc(CCC(=O)NCc3ccccc3CN(C)C3CCCCC3)n2)cc1. The maximum absolute atomic E-state index is 12.5. The Morgan fingerprint density at radius 1 is 1.09 bits per heavy atom. The first-order chi connectivity index (χ1) is 16.6. The third kappa shape index (κ3) is 6.44. The van der Waals surface area contributed by atoms with Crippen LogP contribution in [-0.2, 0) is 24.3 Å². The molecule has 2 aromatic carbocycles. The van der Waals surface area contributed by atoms with Gasteiger partial charge in [-0.3, -0.25) is 9.69 Å². The van der Waals surface area contributed by atoms with E-state index in [9.17, 15) is 4.79 Å². The number of hydrogen-bond donors (Lipinski definition) is 1. The molecule has 7 nitrogen and oxygen atoms in total. The predicted molar refractivity (Wildman–Crippen MR) is 131 cm³/mol. The zero-order chi connectivity index (χ0) is 23.8. The highest BCUT2D eigenvalue weighted by molar-refractivity contribution is 5.76. The molecule has 34 heavy (non-hydrogen) atoms. The van der Waals surface area contributed by atoms with Gasteiger partial charge in [0.1, 0.15) is 5.75 Å². The fourth-order valence-corrected chi connectivity index (χ4v) is 4.52. The molecule has 0 bridgehead atoms. The van der Waals surface area contributed by atoms with Crippen molar-refractivity contribution in [1.29, 1.82) is 0 Å². The third-order valence-corrected chi connectivity index (χ3v) is 6.59. The molecule has 1 N–H and O–H groups in total. The maximum atomic E-state index is 12.5. The average molecular weight is 463 g/mol. The Morgan fingerprint density at radius 2 is 1.82 bits per heavy atom. The summed E-state index contributed by atoms with van der Waals surface area (Å²) >= 11 is 0. The Hall–Kier alpha value is -3.19. The maximum Gasteiger partial charge on any atom is 0.227 e. The zero-order valence-electron chi connectivity index (χ0n) is 20.1. The first-order valence-electron chi connectivity index (χ1n) is 12.1. The van der Waals surface area contributed by atoms with Crippen LogP contribution in [0.25, 0.3) is 11.4 Å². The van der Waals surface area contributed by atoms with Crippen molar-refractivity contribution in [3.8, 4) is 17.1 Å². The van der Waals surface area contributed by atoms with Gasteiger partial charge in [-0.1, -0.05) is 48.7 Å². The van der Waals surface area contributed by atoms with E-state index in [1.807, 2.05) is 30.3 Å². The molecule has 7 heteroatoms. The standard InChI is InChI=1S/C27H34N4O3/c1-31(23-10-4-3-5-11-23)19-22-9-7-6-8-21(22)18-28-25(32)16-17-26-29-27(30-34-26)20-12-14-24(33-2)15-13-20/h6-9,12-15,23H,3-5,10-11,16-19H2,1-2H3,(H,28,32). The van der Waals surface area contributed by atoms with Crippen LogP contribution in [0.15, 0.2) is 53.1 Å². The summed E-state index contributed by atoms with van der Waals surface area (Å²) in [4.78, 5) is 19.4. The highest BCUT2D eigenvalue weighted by Gasteiger charge is 2.19. The van der Waals surface area contributed by atoms with E-state index in [-0.39, 0.29) is 5.91 Å². The van der Waals surface area contributed by atoms with E-state index >= 15 is 0 Å². The van der Waals surface area contributed by atoms with Crippen LogP contribution in [0.3, 0.4) is 0 Å². The van der Waals surface area contributed by atoms with Crippen LogP contribution in [-0.4, -0.2) is 41.1 Å². The number of hydrogen-bond acceptors (Lipinski definition) is 6. The molecule has 0 unspecified atom stereocenters. The molecule has 1 aliphatic carbocycles. The molecule has 1 heterocycles. The number of aromatic nitrogens is 2. The van der Waals surface area contributed by atoms with Crippen LogP contribution in [0, 0.1) is 0 Å². The minimum Gasteiger partial charge on any atom is -0.497 e. The van der Waals surface area contributed by atoms with Crippen molar-refractivity contribution in [3.63, 3.8) is 0 Å². The van der Waals surface area contributed by atoms with Gasteiger partial charge in [0.05, 0.1) is 7.11 Å². The quantitative estimate of drug-likeness (QED) is 0.468. The fraction of sp³-hybridized carbons (Fsp3) is 0.444. The van der Waals surface area contributed by atoms with E-state index in [1.165, 1.54) is 37.7 Å². The topological polar surface area (TPSA) is 80.5 Å². The van der Waals surface area contributed by atoms with Gasteiger partial charge in [-0.25, -0.2) is 0 Å². The summed E-state index contributed by atoms with van der Waals surface area (Å²) in [7, 11) is 3.84. The number of ether oxygens (including phenoxy) is 1. The van der Waals surface area contributed by atoms with Gasteiger partial charge in [-0.05, 0) is 55.3 Å². The van der Waals surface area contributed by atoms with Crippen molar-refractivity contribution >= 4 is 5.91 Å². The number of methoxy groups -OCH3 is 1. The number of amides is 1. The molecule has 1 amide bonds. The van der Waals surface area contributed by atoms with Crippen molar-refractivity contribution in [2.24, 2.45) is 0 Å². The molecule has 0 atom stereocenters. The van der Waals surface area contributed by atoms with Crippen LogP contribution >= 0.6 is 0 Å². The van der Waals surface area contributed by atoms with Crippen LogP contribution in [0.4, 0.5) is 0 Å². The Kier molecular flexibility index (Phi) is 8.31. The molecule has 1 aliphatic rings. The number of nitrogens with one attached hydrogen (secondary N) is 1. The van der Waals surface area contributed by atoms with Gasteiger partial charge in [0.25, 0.3) is 0 Å². The number of carbonyl (C=O) groups excluding carboxylic acids is 1. The van der Waals surface area contributed by atoms with E-state index in [2.05, 4.69) is 45.6 Å². The Bertz CT molecular complexity index is 1060. The van der Waals surface area contributed by atoms with Gasteiger partial charge in [-0.15, -0.1) is 0 Å². The monoisotopic (exact) mass is 462 g/mol. The van der Waals surface area contributed by atoms with E-state index in [4.69, 9.17) is 9.26 Å². The molecule has 0 spiro atoms. The second-order valence-electron chi connectivity index (χ2n) is 8.99. The number of carbonyl (C=O) groups is 1. The minimum atomic E-state index is -0.0281. The Labute approximate surface area is 201 Å². The molecular formula is C27H34N4O3. The smallest absolute Gasteiger partial charge is 0.227 e. The summed E-state index contributed by atoms with van der Waals surface area (Å²) in [6.45, 7) is 1.43. The molecule has 0 saturated heterocycles. The first kappa shape index (κ1) is 24.0. The molecule has 1 fully saturated rings. The first-order valence-corrected chi connectivity index (χ1v) is 12.1. The van der Waals surface area contributed by atoms with E-state index in [0.29, 0.717) is 37.1 Å². The van der Waals surface area contributed by atoms with Crippen molar-refractivity contribution in [2.45, 2.75) is 64.1 Å². The van der Waals surface area contributed by atoms with Crippen molar-refractivity contribution in [1.82, 2.24) is 20.4 Å².